The fourth-order valence-electron chi connectivity index (χ4n) is 3.54. The van der Waals surface area contributed by atoms with Gasteiger partial charge in [0.1, 0.15) is 0 Å². The van der Waals surface area contributed by atoms with Crippen LogP contribution in [-0.2, 0) is 17.6 Å². The third-order valence-corrected chi connectivity index (χ3v) is 5.92. The summed E-state index contributed by atoms with van der Waals surface area (Å²) in [6, 6.07) is 9.51. The third-order valence-electron chi connectivity index (χ3n) is 4.93. The number of aryl methyl sites for hydroxylation is 2. The van der Waals surface area contributed by atoms with E-state index in [-0.39, 0.29) is 11.7 Å². The molecule has 2 N–H and O–H groups in total. The number of hydrogen-bond donors (Lipinski definition) is 2. The highest BCUT2D eigenvalue weighted by Crippen LogP contribution is 2.39. The highest BCUT2D eigenvalue weighted by atomic mass is 32.2. The fraction of sp³-hybridized carbons (Fsp3) is 0.417. The lowest BCUT2D eigenvalue weighted by atomic mass is 10.1. The number of hydrogen-bond acceptors (Lipinski definition) is 6. The van der Waals surface area contributed by atoms with E-state index >= 15 is 0 Å². The van der Waals surface area contributed by atoms with Gasteiger partial charge in [0.05, 0.1) is 25.6 Å². The summed E-state index contributed by atoms with van der Waals surface area (Å²) in [6.07, 6.45) is 3.42. The molecule has 0 unspecified atom stereocenters. The quantitative estimate of drug-likeness (QED) is 0.415. The Morgan fingerprint density at radius 1 is 0.875 bits per heavy atom. The van der Waals surface area contributed by atoms with E-state index in [2.05, 4.69) is 23.0 Å². The van der Waals surface area contributed by atoms with Crippen LogP contribution >= 0.6 is 11.8 Å². The number of amides is 2. The van der Waals surface area contributed by atoms with Crippen LogP contribution in [0.25, 0.3) is 0 Å². The Balaban J connectivity index is 1.60. The second kappa shape index (κ2) is 11.7. The highest BCUT2D eigenvalue weighted by Gasteiger charge is 2.19. The predicted molar refractivity (Wildman–Crippen MR) is 125 cm³/mol. The summed E-state index contributed by atoms with van der Waals surface area (Å²) in [7, 11) is 0. The molecule has 8 heteroatoms. The topological polar surface area (TPSA) is 85.9 Å². The summed E-state index contributed by atoms with van der Waals surface area (Å²) < 4.78 is 16.9. The van der Waals surface area contributed by atoms with Crippen LogP contribution in [0.2, 0.25) is 0 Å². The van der Waals surface area contributed by atoms with Gasteiger partial charge in [0, 0.05) is 10.5 Å². The number of rotatable bonds is 10. The Morgan fingerprint density at radius 2 is 1.53 bits per heavy atom. The van der Waals surface area contributed by atoms with Crippen LogP contribution in [-0.4, -0.2) is 37.4 Å². The average Bonchev–Trinajstić information content (AvgIpc) is 3.26. The van der Waals surface area contributed by atoms with Gasteiger partial charge in [-0.1, -0.05) is 6.07 Å². The van der Waals surface area contributed by atoms with Gasteiger partial charge < -0.3 is 14.2 Å². The van der Waals surface area contributed by atoms with Gasteiger partial charge in [0.15, 0.2) is 11.5 Å². The van der Waals surface area contributed by atoms with Gasteiger partial charge in [-0.05, 0) is 75.4 Å². The smallest absolute Gasteiger partial charge is 0.269 e. The number of thioether (sulfide) groups is 1. The summed E-state index contributed by atoms with van der Waals surface area (Å²) in [5.74, 6) is 0.752. The summed E-state index contributed by atoms with van der Waals surface area (Å²) >= 11 is 1.45. The van der Waals surface area contributed by atoms with Crippen molar-refractivity contribution in [1.82, 2.24) is 10.9 Å². The summed E-state index contributed by atoms with van der Waals surface area (Å²) in [5, 5.41) is 0. The molecule has 0 aliphatic heterocycles. The first kappa shape index (κ1) is 23.8. The molecule has 0 saturated carbocycles. The zero-order valence-corrected chi connectivity index (χ0v) is 19.6. The van der Waals surface area contributed by atoms with Gasteiger partial charge >= 0.3 is 0 Å². The Kier molecular flexibility index (Phi) is 8.67. The van der Waals surface area contributed by atoms with E-state index in [4.69, 9.17) is 14.2 Å². The minimum atomic E-state index is -0.467. The van der Waals surface area contributed by atoms with Crippen molar-refractivity contribution in [3.8, 4) is 17.2 Å². The number of nitrogens with one attached hydrogen (secondary N) is 2. The summed E-state index contributed by atoms with van der Waals surface area (Å²) in [6.45, 7) is 6.82. The molecule has 0 spiro atoms. The van der Waals surface area contributed by atoms with Crippen molar-refractivity contribution in [2.75, 3.05) is 25.6 Å². The third kappa shape index (κ3) is 6.09. The molecule has 2 aromatic rings. The van der Waals surface area contributed by atoms with Crippen LogP contribution in [0.1, 0.15) is 48.7 Å². The molecule has 7 nitrogen and oxygen atoms in total. The molecule has 0 radical (unpaired) electrons. The molecule has 0 aromatic heterocycles. The summed E-state index contributed by atoms with van der Waals surface area (Å²) in [5.41, 5.74) is 8.01. The first-order chi connectivity index (χ1) is 15.5. The van der Waals surface area contributed by atoms with E-state index in [1.807, 2.05) is 26.8 Å². The molecule has 2 amide bonds. The molecular weight excluding hydrogens is 428 g/mol. The van der Waals surface area contributed by atoms with Crippen LogP contribution in [0.15, 0.2) is 35.2 Å². The molecule has 0 fully saturated rings. The van der Waals surface area contributed by atoms with Crippen molar-refractivity contribution < 1.29 is 23.8 Å². The van der Waals surface area contributed by atoms with Gasteiger partial charge in [-0.15, -0.1) is 11.8 Å². The normalized spacial score (nSPS) is 12.1. The number of hydrazine groups is 1. The van der Waals surface area contributed by atoms with Crippen LogP contribution in [0, 0.1) is 0 Å². The first-order valence-electron chi connectivity index (χ1n) is 11.0. The number of carbonyl (C=O) groups is 2. The van der Waals surface area contributed by atoms with Gasteiger partial charge in [-0.2, -0.15) is 0 Å². The number of fused-ring (bicyclic) bond motifs is 1. The molecular formula is C24H30N2O5S. The molecule has 0 atom stereocenters. The van der Waals surface area contributed by atoms with Crippen LogP contribution in [0.4, 0.5) is 0 Å². The maximum atomic E-state index is 12.6. The Bertz CT molecular complexity index is 936. The van der Waals surface area contributed by atoms with E-state index < -0.39 is 5.91 Å². The lowest BCUT2D eigenvalue weighted by molar-refractivity contribution is -0.119. The van der Waals surface area contributed by atoms with Crippen LogP contribution in [0.3, 0.4) is 0 Å². The van der Waals surface area contributed by atoms with Crippen LogP contribution < -0.4 is 25.1 Å². The zero-order chi connectivity index (χ0) is 22.9. The van der Waals surface area contributed by atoms with E-state index in [1.54, 1.807) is 12.1 Å². The average molecular weight is 459 g/mol. The molecule has 0 heterocycles. The lowest BCUT2D eigenvalue weighted by Gasteiger charge is -2.17. The molecule has 172 valence electrons. The van der Waals surface area contributed by atoms with Crippen molar-refractivity contribution >= 4 is 23.6 Å². The second-order valence-electron chi connectivity index (χ2n) is 7.18. The van der Waals surface area contributed by atoms with Crippen LogP contribution in [0.5, 0.6) is 17.2 Å². The SMILES string of the molecule is CCOc1cc(C(=O)NNC(=O)CSc2ccc3c(c2)CCC3)cc(OCC)c1OCC. The maximum absolute atomic E-state index is 12.6. The highest BCUT2D eigenvalue weighted by molar-refractivity contribution is 8.00. The molecule has 32 heavy (non-hydrogen) atoms. The minimum absolute atomic E-state index is 0.205. The monoisotopic (exact) mass is 458 g/mol. The number of benzene rings is 2. The van der Waals surface area contributed by atoms with Gasteiger partial charge in [0.2, 0.25) is 11.7 Å². The molecule has 0 bridgehead atoms. The van der Waals surface area contributed by atoms with Crippen molar-refractivity contribution in [3.05, 3.63) is 47.0 Å². The Hall–Kier alpha value is -2.87. The van der Waals surface area contributed by atoms with Crippen molar-refractivity contribution in [3.63, 3.8) is 0 Å². The molecule has 0 saturated heterocycles. The van der Waals surface area contributed by atoms with Gasteiger partial charge in [-0.25, -0.2) is 0 Å². The Labute approximate surface area is 193 Å². The largest absolute Gasteiger partial charge is 0.490 e. The molecule has 1 aliphatic rings. The lowest BCUT2D eigenvalue weighted by Crippen LogP contribution is -2.42. The predicted octanol–water partition coefficient (Wildman–Crippen LogP) is 3.92. The number of ether oxygens (including phenoxy) is 3. The van der Waals surface area contributed by atoms with E-state index in [1.165, 1.54) is 29.3 Å². The zero-order valence-electron chi connectivity index (χ0n) is 18.8. The molecule has 3 rings (SSSR count). The van der Waals surface area contributed by atoms with Crippen molar-refractivity contribution in [2.45, 2.75) is 44.9 Å². The fourth-order valence-corrected chi connectivity index (χ4v) is 4.30. The maximum Gasteiger partial charge on any atom is 0.269 e. The van der Waals surface area contributed by atoms with Gasteiger partial charge in [0.25, 0.3) is 5.91 Å². The standard InChI is InChI=1S/C24H30N2O5S/c1-4-29-20-13-18(14-21(30-5-2)23(20)31-6-3)24(28)26-25-22(27)15-32-19-11-10-16-8-7-9-17(16)12-19/h10-14H,4-9,15H2,1-3H3,(H,25,27)(H,26,28). The summed E-state index contributed by atoms with van der Waals surface area (Å²) in [4.78, 5) is 26.0. The second-order valence-corrected chi connectivity index (χ2v) is 8.22. The van der Waals surface area contributed by atoms with E-state index in [0.29, 0.717) is 42.6 Å². The molecule has 1 aliphatic carbocycles. The first-order valence-corrected chi connectivity index (χ1v) is 11.9. The minimum Gasteiger partial charge on any atom is -0.490 e. The van der Waals surface area contributed by atoms with E-state index in [0.717, 1.165) is 17.7 Å². The van der Waals surface area contributed by atoms with Crippen molar-refractivity contribution in [2.24, 2.45) is 0 Å². The Morgan fingerprint density at radius 3 is 2.19 bits per heavy atom. The molecule has 2 aromatic carbocycles. The van der Waals surface area contributed by atoms with E-state index in [9.17, 15) is 9.59 Å². The van der Waals surface area contributed by atoms with Gasteiger partial charge in [-0.3, -0.25) is 20.4 Å². The number of carbonyl (C=O) groups excluding carboxylic acids is 2. The van der Waals surface area contributed by atoms with Crippen molar-refractivity contribution in [1.29, 1.82) is 0 Å².